The van der Waals surface area contributed by atoms with Crippen LogP contribution in [0.5, 0.6) is 0 Å². The summed E-state index contributed by atoms with van der Waals surface area (Å²) in [6.07, 6.45) is 5.42. The number of amides is 1. The minimum atomic E-state index is -0.0186. The standard InChI is InChI=1S/C22H26N6O2/c1-15-19(14-23-28(15)18-6-4-3-5-7-18)21(29)26-12-10-16(11-13-26)20-24-25(2)22(30)27(20)17-8-9-17/h3-7,14,16-17H,8-13H2,1-2H3. The van der Waals surface area contributed by atoms with Crippen molar-refractivity contribution < 1.29 is 4.79 Å². The number of carbonyl (C=O) groups is 1. The molecule has 156 valence electrons. The molecule has 1 aromatic carbocycles. The van der Waals surface area contributed by atoms with Crippen LogP contribution in [0.2, 0.25) is 0 Å². The fraction of sp³-hybridized carbons (Fsp3) is 0.455. The quantitative estimate of drug-likeness (QED) is 0.667. The van der Waals surface area contributed by atoms with E-state index in [1.807, 2.05) is 51.4 Å². The highest BCUT2D eigenvalue weighted by Gasteiger charge is 2.34. The van der Waals surface area contributed by atoms with Crippen molar-refractivity contribution in [2.75, 3.05) is 13.1 Å². The van der Waals surface area contributed by atoms with E-state index in [9.17, 15) is 9.59 Å². The maximum Gasteiger partial charge on any atom is 0.345 e. The fourth-order valence-electron chi connectivity index (χ4n) is 4.41. The largest absolute Gasteiger partial charge is 0.345 e. The van der Waals surface area contributed by atoms with Gasteiger partial charge < -0.3 is 4.90 Å². The first-order chi connectivity index (χ1) is 14.5. The van der Waals surface area contributed by atoms with E-state index in [2.05, 4.69) is 10.2 Å². The first kappa shape index (κ1) is 18.8. The third-order valence-electron chi connectivity index (χ3n) is 6.28. The lowest BCUT2D eigenvalue weighted by Gasteiger charge is -2.31. The van der Waals surface area contributed by atoms with Gasteiger partial charge in [0.15, 0.2) is 0 Å². The molecule has 1 amide bonds. The van der Waals surface area contributed by atoms with Crippen LogP contribution < -0.4 is 5.69 Å². The Morgan fingerprint density at radius 2 is 1.77 bits per heavy atom. The summed E-state index contributed by atoms with van der Waals surface area (Å²) in [6, 6.07) is 10.1. The Bertz CT molecular complexity index is 1130. The number of hydrogen-bond donors (Lipinski definition) is 0. The summed E-state index contributed by atoms with van der Waals surface area (Å²) >= 11 is 0. The van der Waals surface area contributed by atoms with Crippen LogP contribution in [0, 0.1) is 6.92 Å². The second-order valence-electron chi connectivity index (χ2n) is 8.32. The number of para-hydroxylation sites is 1. The summed E-state index contributed by atoms with van der Waals surface area (Å²) in [4.78, 5) is 27.5. The van der Waals surface area contributed by atoms with Crippen LogP contribution in [0.4, 0.5) is 0 Å². The molecule has 0 N–H and O–H groups in total. The zero-order valence-electron chi connectivity index (χ0n) is 17.4. The van der Waals surface area contributed by atoms with Crippen LogP contribution in [-0.4, -0.2) is 48.0 Å². The average molecular weight is 406 g/mol. The summed E-state index contributed by atoms with van der Waals surface area (Å²) in [5, 5.41) is 8.96. The van der Waals surface area contributed by atoms with E-state index in [0.29, 0.717) is 24.7 Å². The summed E-state index contributed by atoms with van der Waals surface area (Å²) < 4.78 is 5.14. The highest BCUT2D eigenvalue weighted by Crippen LogP contribution is 2.37. The lowest BCUT2D eigenvalue weighted by Crippen LogP contribution is -2.38. The third-order valence-corrected chi connectivity index (χ3v) is 6.28. The molecule has 1 aliphatic carbocycles. The van der Waals surface area contributed by atoms with Crippen molar-refractivity contribution in [1.82, 2.24) is 29.0 Å². The van der Waals surface area contributed by atoms with Gasteiger partial charge in [0.1, 0.15) is 5.82 Å². The second kappa shape index (κ2) is 7.27. The number of likely N-dealkylation sites (tertiary alicyclic amines) is 1. The van der Waals surface area contributed by atoms with E-state index in [1.54, 1.807) is 13.2 Å². The number of aryl methyl sites for hydroxylation is 1. The van der Waals surface area contributed by atoms with Crippen molar-refractivity contribution in [3.8, 4) is 5.69 Å². The highest BCUT2D eigenvalue weighted by atomic mass is 16.2. The lowest BCUT2D eigenvalue weighted by molar-refractivity contribution is 0.0709. The minimum Gasteiger partial charge on any atom is -0.338 e. The molecule has 8 heteroatoms. The summed E-state index contributed by atoms with van der Waals surface area (Å²) in [7, 11) is 1.72. The Balaban J connectivity index is 1.31. The Kier molecular flexibility index (Phi) is 4.56. The number of rotatable bonds is 4. The van der Waals surface area contributed by atoms with Crippen LogP contribution >= 0.6 is 0 Å². The molecule has 2 fully saturated rings. The molecule has 0 radical (unpaired) electrons. The molecule has 2 aromatic heterocycles. The first-order valence-electron chi connectivity index (χ1n) is 10.6. The van der Waals surface area contributed by atoms with Crippen LogP contribution in [0.1, 0.15) is 59.5 Å². The van der Waals surface area contributed by atoms with E-state index >= 15 is 0 Å². The van der Waals surface area contributed by atoms with Gasteiger partial charge in [-0.15, -0.1) is 0 Å². The number of carbonyl (C=O) groups excluding carboxylic acids is 1. The molecule has 3 heterocycles. The van der Waals surface area contributed by atoms with Crippen molar-refractivity contribution >= 4 is 5.91 Å². The van der Waals surface area contributed by atoms with Gasteiger partial charge in [0.05, 0.1) is 23.1 Å². The molecule has 1 saturated heterocycles. The van der Waals surface area contributed by atoms with Crippen molar-refractivity contribution in [2.24, 2.45) is 7.05 Å². The molecule has 0 bridgehead atoms. The molecule has 2 aliphatic rings. The van der Waals surface area contributed by atoms with Gasteiger partial charge in [-0.3, -0.25) is 9.36 Å². The maximum absolute atomic E-state index is 13.1. The van der Waals surface area contributed by atoms with E-state index in [-0.39, 0.29) is 17.5 Å². The van der Waals surface area contributed by atoms with Crippen molar-refractivity contribution in [3.63, 3.8) is 0 Å². The predicted octanol–water partition coefficient (Wildman–Crippen LogP) is 2.43. The predicted molar refractivity (Wildman–Crippen MR) is 112 cm³/mol. The first-order valence-corrected chi connectivity index (χ1v) is 10.6. The van der Waals surface area contributed by atoms with E-state index in [1.165, 1.54) is 4.68 Å². The zero-order chi connectivity index (χ0) is 20.8. The molecule has 1 saturated carbocycles. The van der Waals surface area contributed by atoms with Crippen LogP contribution in [0.25, 0.3) is 5.69 Å². The lowest BCUT2D eigenvalue weighted by atomic mass is 9.95. The highest BCUT2D eigenvalue weighted by molar-refractivity contribution is 5.95. The molecular weight excluding hydrogens is 380 g/mol. The van der Waals surface area contributed by atoms with Crippen LogP contribution in [-0.2, 0) is 7.05 Å². The molecule has 30 heavy (non-hydrogen) atoms. The molecule has 0 atom stereocenters. The van der Waals surface area contributed by atoms with E-state index < -0.39 is 0 Å². The van der Waals surface area contributed by atoms with Gasteiger partial charge in [0.25, 0.3) is 5.91 Å². The molecule has 8 nitrogen and oxygen atoms in total. The van der Waals surface area contributed by atoms with Crippen molar-refractivity contribution in [2.45, 2.75) is 44.6 Å². The molecule has 1 aliphatic heterocycles. The Hall–Kier alpha value is -3.16. The average Bonchev–Trinajstić information content (AvgIpc) is 3.47. The molecule has 0 spiro atoms. The number of benzene rings is 1. The van der Waals surface area contributed by atoms with Crippen LogP contribution in [0.15, 0.2) is 41.3 Å². The van der Waals surface area contributed by atoms with Gasteiger partial charge in [-0.25, -0.2) is 14.2 Å². The smallest absolute Gasteiger partial charge is 0.338 e. The maximum atomic E-state index is 13.1. The van der Waals surface area contributed by atoms with E-state index in [0.717, 1.165) is 42.9 Å². The summed E-state index contributed by atoms with van der Waals surface area (Å²) in [5.74, 6) is 1.13. The monoisotopic (exact) mass is 406 g/mol. The molecule has 0 unspecified atom stereocenters. The molecule has 5 rings (SSSR count). The number of aromatic nitrogens is 5. The minimum absolute atomic E-state index is 0.0186. The van der Waals surface area contributed by atoms with Gasteiger partial charge in [0.2, 0.25) is 0 Å². The van der Waals surface area contributed by atoms with E-state index in [4.69, 9.17) is 0 Å². The Morgan fingerprint density at radius 1 is 1.07 bits per heavy atom. The zero-order valence-corrected chi connectivity index (χ0v) is 17.4. The normalized spacial score (nSPS) is 17.5. The SMILES string of the molecule is Cc1c(C(=O)N2CCC(c3nn(C)c(=O)n3C3CC3)CC2)cnn1-c1ccccc1. The topological polar surface area (TPSA) is 78.0 Å². The number of hydrogen-bond acceptors (Lipinski definition) is 4. The second-order valence-corrected chi connectivity index (χ2v) is 8.32. The molecule has 3 aromatic rings. The number of piperidine rings is 1. The fourth-order valence-corrected chi connectivity index (χ4v) is 4.41. The number of nitrogens with zero attached hydrogens (tertiary/aromatic N) is 6. The van der Waals surface area contributed by atoms with Gasteiger partial charge in [0, 0.05) is 32.1 Å². The van der Waals surface area contributed by atoms with Gasteiger partial charge in [-0.1, -0.05) is 18.2 Å². The Morgan fingerprint density at radius 3 is 2.43 bits per heavy atom. The van der Waals surface area contributed by atoms with Crippen molar-refractivity contribution in [3.05, 3.63) is 64.1 Å². The van der Waals surface area contributed by atoms with Gasteiger partial charge >= 0.3 is 5.69 Å². The van der Waals surface area contributed by atoms with Gasteiger partial charge in [-0.05, 0) is 44.7 Å². The van der Waals surface area contributed by atoms with Crippen molar-refractivity contribution in [1.29, 1.82) is 0 Å². The Labute approximate surface area is 174 Å². The summed E-state index contributed by atoms with van der Waals surface area (Å²) in [6.45, 7) is 3.26. The summed E-state index contributed by atoms with van der Waals surface area (Å²) in [5.41, 5.74) is 2.42. The van der Waals surface area contributed by atoms with Gasteiger partial charge in [-0.2, -0.15) is 10.2 Å². The third kappa shape index (κ3) is 3.16. The van der Waals surface area contributed by atoms with Crippen LogP contribution in [0.3, 0.4) is 0 Å². The molecular formula is C22H26N6O2.